The van der Waals surface area contributed by atoms with Gasteiger partial charge < -0.3 is 30.9 Å². The molecule has 9 nitrogen and oxygen atoms in total. The number of amides is 1. The Morgan fingerprint density at radius 1 is 0.976 bits per heavy atom. The summed E-state index contributed by atoms with van der Waals surface area (Å²) in [5.41, 5.74) is 7.67. The fourth-order valence-electron chi connectivity index (χ4n) is 4.46. The number of unbranched alkanes of at least 4 members (excludes halogenated alkanes) is 1. The quantitative estimate of drug-likeness (QED) is 0.123. The van der Waals surface area contributed by atoms with Crippen LogP contribution < -0.4 is 21.1 Å². The maximum atomic E-state index is 12.6. The number of ether oxygens (including phenoxy) is 2. The molecule has 0 spiro atoms. The number of fused-ring (bicyclic) bond motifs is 3. The van der Waals surface area contributed by atoms with Gasteiger partial charge in [0.25, 0.3) is 0 Å². The molecule has 1 amide bonds. The van der Waals surface area contributed by atoms with Gasteiger partial charge in [0.05, 0.1) is 12.1 Å². The van der Waals surface area contributed by atoms with E-state index in [4.69, 9.17) is 20.6 Å². The number of aromatic nitrogens is 2. The fraction of sp³-hybridized carbons (Fsp3) is 0.345. The third kappa shape index (κ3) is 8.74. The monoisotopic (exact) mass is 571 g/mol. The molecule has 0 bridgehead atoms. The molecule has 5 N–H and O–H groups in total. The van der Waals surface area contributed by atoms with Crippen LogP contribution in [-0.4, -0.2) is 60.3 Å². The number of anilines is 1. The average Bonchev–Trinajstić information content (AvgIpc) is 2.92. The van der Waals surface area contributed by atoms with Crippen molar-refractivity contribution in [1.29, 1.82) is 0 Å². The smallest absolute Gasteiger partial charge is 0.406 e. The number of nitrogens with one attached hydrogen (secondary N) is 2. The molecule has 0 aliphatic rings. The molecule has 4 rings (SSSR count). The molecule has 0 unspecified atom stereocenters. The van der Waals surface area contributed by atoms with Crippen LogP contribution in [0.4, 0.5) is 19.0 Å². The number of alkyl halides is 3. The van der Waals surface area contributed by atoms with Crippen LogP contribution >= 0.6 is 0 Å². The Labute approximate surface area is 234 Å². The fourth-order valence-corrected chi connectivity index (χ4v) is 4.46. The molecule has 0 aliphatic heterocycles. The highest BCUT2D eigenvalue weighted by atomic mass is 19.4. The molecule has 0 saturated carbocycles. The minimum absolute atomic E-state index is 0.164. The van der Waals surface area contributed by atoms with Gasteiger partial charge in [0.2, 0.25) is 5.91 Å². The zero-order chi connectivity index (χ0) is 29.2. The van der Waals surface area contributed by atoms with Crippen LogP contribution in [0.5, 0.6) is 5.75 Å². The van der Waals surface area contributed by atoms with Gasteiger partial charge in [-0.15, -0.1) is 13.2 Å². The first-order chi connectivity index (χ1) is 19.7. The number of hydrogen-bond acceptors (Lipinski definition) is 8. The highest BCUT2D eigenvalue weighted by Gasteiger charge is 2.31. The van der Waals surface area contributed by atoms with Crippen molar-refractivity contribution >= 4 is 33.4 Å². The molecule has 12 heteroatoms. The largest absolute Gasteiger partial charge is 0.573 e. The number of carbonyl (C=O) groups excluding carboxylic acids is 1. The number of rotatable bonds is 15. The first kappa shape index (κ1) is 30.0. The first-order valence-electron chi connectivity index (χ1n) is 13.2. The van der Waals surface area contributed by atoms with E-state index in [9.17, 15) is 18.0 Å². The van der Waals surface area contributed by atoms with E-state index in [1.165, 1.54) is 12.1 Å². The van der Waals surface area contributed by atoms with Gasteiger partial charge >= 0.3 is 6.36 Å². The zero-order valence-electron chi connectivity index (χ0n) is 22.3. The number of pyridine rings is 2. The van der Waals surface area contributed by atoms with Crippen molar-refractivity contribution in [2.75, 3.05) is 38.2 Å². The summed E-state index contributed by atoms with van der Waals surface area (Å²) in [6, 6.07) is 11.4. The Kier molecular flexibility index (Phi) is 10.3. The predicted molar refractivity (Wildman–Crippen MR) is 150 cm³/mol. The molecular weight excluding hydrogens is 539 g/mol. The predicted octanol–water partition coefficient (Wildman–Crippen LogP) is 4.31. The van der Waals surface area contributed by atoms with Crippen LogP contribution in [0.25, 0.3) is 21.7 Å². The number of aliphatic hydroxyl groups is 1. The van der Waals surface area contributed by atoms with Crippen LogP contribution in [0.2, 0.25) is 0 Å². The van der Waals surface area contributed by atoms with Crippen LogP contribution in [0.1, 0.15) is 34.3 Å². The lowest BCUT2D eigenvalue weighted by molar-refractivity contribution is -0.274. The molecular formula is C29H32F3N5O4. The number of aliphatic hydroxyl groups excluding tert-OH is 1. The molecule has 0 atom stereocenters. The van der Waals surface area contributed by atoms with E-state index in [0.29, 0.717) is 60.9 Å². The van der Waals surface area contributed by atoms with Crippen LogP contribution in [0.15, 0.2) is 54.9 Å². The molecule has 0 aliphatic carbocycles. The van der Waals surface area contributed by atoms with E-state index in [1.54, 1.807) is 30.6 Å². The molecule has 218 valence electrons. The molecule has 2 heterocycles. The maximum absolute atomic E-state index is 12.6. The van der Waals surface area contributed by atoms with Gasteiger partial charge in [-0.05, 0) is 67.3 Å². The molecule has 4 aromatic rings. The van der Waals surface area contributed by atoms with Gasteiger partial charge in [-0.3, -0.25) is 9.78 Å². The van der Waals surface area contributed by atoms with Gasteiger partial charge in [-0.25, -0.2) is 4.98 Å². The second-order valence-corrected chi connectivity index (χ2v) is 9.41. The van der Waals surface area contributed by atoms with Crippen molar-refractivity contribution < 1.29 is 32.5 Å². The standard InChI is InChI=1S/C29H32F3N5O4/c30-29(31,32)41-22-14-19(6-10-38)13-20(15-22)17-34-7-1-2-11-40-12-9-36-28-24-5-8-35-18-25(24)23-4-3-21(27(33)39)16-26(23)37-28/h3-5,8,13-16,18,34,38H,1-2,6-7,9-12,17H2,(H2,33,39)(H,36,37). The Balaban J connectivity index is 1.19. The molecule has 0 fully saturated rings. The number of primary amides is 1. The first-order valence-corrected chi connectivity index (χ1v) is 13.2. The van der Waals surface area contributed by atoms with Crippen LogP contribution in [-0.2, 0) is 17.7 Å². The van der Waals surface area contributed by atoms with E-state index in [2.05, 4.69) is 20.4 Å². The third-order valence-electron chi connectivity index (χ3n) is 6.30. The minimum atomic E-state index is -4.77. The van der Waals surface area contributed by atoms with Gasteiger partial charge in [-0.2, -0.15) is 0 Å². The Morgan fingerprint density at radius 3 is 2.59 bits per heavy atom. The number of halogens is 3. The second-order valence-electron chi connectivity index (χ2n) is 9.41. The average molecular weight is 572 g/mol. The van der Waals surface area contributed by atoms with Crippen molar-refractivity contribution in [3.05, 3.63) is 71.5 Å². The summed E-state index contributed by atoms with van der Waals surface area (Å²) in [6.45, 7) is 2.41. The second kappa shape index (κ2) is 14.1. The number of hydrogen-bond donors (Lipinski definition) is 4. The highest BCUT2D eigenvalue weighted by Crippen LogP contribution is 2.29. The van der Waals surface area contributed by atoms with Crippen LogP contribution in [0, 0.1) is 0 Å². The van der Waals surface area contributed by atoms with Crippen molar-refractivity contribution in [3.8, 4) is 5.75 Å². The SMILES string of the molecule is NC(=O)c1ccc2c(c1)nc(NCCOCCCCNCc1cc(CCO)cc(OC(F)(F)F)c1)c1ccncc12. The molecule has 0 radical (unpaired) electrons. The molecule has 41 heavy (non-hydrogen) atoms. The topological polar surface area (TPSA) is 132 Å². The summed E-state index contributed by atoms with van der Waals surface area (Å²) in [5.74, 6) is -0.146. The van der Waals surface area contributed by atoms with Crippen molar-refractivity contribution in [3.63, 3.8) is 0 Å². The summed E-state index contributed by atoms with van der Waals surface area (Å²) in [4.78, 5) is 20.5. The van der Waals surface area contributed by atoms with E-state index in [0.717, 1.165) is 29.0 Å². The van der Waals surface area contributed by atoms with Gasteiger partial charge in [0, 0.05) is 60.4 Å². The summed E-state index contributed by atoms with van der Waals surface area (Å²) >= 11 is 0. The summed E-state index contributed by atoms with van der Waals surface area (Å²) in [7, 11) is 0. The summed E-state index contributed by atoms with van der Waals surface area (Å²) < 4.78 is 47.6. The van der Waals surface area contributed by atoms with Crippen molar-refractivity contribution in [1.82, 2.24) is 15.3 Å². The zero-order valence-corrected chi connectivity index (χ0v) is 22.3. The molecule has 0 saturated heterocycles. The minimum Gasteiger partial charge on any atom is -0.406 e. The summed E-state index contributed by atoms with van der Waals surface area (Å²) in [6.07, 6.45) is 0.561. The number of nitrogens with zero attached hydrogens (tertiary/aromatic N) is 2. The van der Waals surface area contributed by atoms with Crippen LogP contribution in [0.3, 0.4) is 0 Å². The Morgan fingerprint density at radius 2 is 1.80 bits per heavy atom. The lowest BCUT2D eigenvalue weighted by atomic mass is 10.1. The van der Waals surface area contributed by atoms with Crippen molar-refractivity contribution in [2.24, 2.45) is 5.73 Å². The highest BCUT2D eigenvalue weighted by molar-refractivity contribution is 6.11. The van der Waals surface area contributed by atoms with E-state index in [1.807, 2.05) is 12.1 Å². The van der Waals surface area contributed by atoms with E-state index < -0.39 is 12.3 Å². The number of benzene rings is 2. The lowest BCUT2D eigenvalue weighted by Gasteiger charge is -2.13. The Hall–Kier alpha value is -4.00. The number of carbonyl (C=O) groups is 1. The summed E-state index contributed by atoms with van der Waals surface area (Å²) in [5, 5.41) is 18.3. The number of nitrogens with two attached hydrogens (primary N) is 1. The van der Waals surface area contributed by atoms with E-state index in [-0.39, 0.29) is 18.8 Å². The normalized spacial score (nSPS) is 11.7. The maximum Gasteiger partial charge on any atom is 0.573 e. The van der Waals surface area contributed by atoms with Crippen molar-refractivity contribution in [2.45, 2.75) is 32.2 Å². The van der Waals surface area contributed by atoms with Gasteiger partial charge in [0.15, 0.2) is 0 Å². The third-order valence-corrected chi connectivity index (χ3v) is 6.30. The van der Waals surface area contributed by atoms with Gasteiger partial charge in [-0.1, -0.05) is 12.1 Å². The molecule has 2 aromatic carbocycles. The van der Waals surface area contributed by atoms with Gasteiger partial charge in [0.1, 0.15) is 11.6 Å². The van der Waals surface area contributed by atoms with E-state index >= 15 is 0 Å². The lowest BCUT2D eigenvalue weighted by Crippen LogP contribution is -2.19. The molecule has 2 aromatic heterocycles. The Bertz CT molecular complexity index is 1480.